The zero-order chi connectivity index (χ0) is 12.8. The van der Waals surface area contributed by atoms with Crippen molar-refractivity contribution in [1.29, 1.82) is 0 Å². The van der Waals surface area contributed by atoms with Crippen molar-refractivity contribution in [3.05, 3.63) is 54.1 Å². The number of rotatable bonds is 5. The molecule has 0 fully saturated rings. The van der Waals surface area contributed by atoms with Gasteiger partial charge in [-0.15, -0.1) is 0 Å². The molecule has 0 spiro atoms. The number of nitrogens with zero attached hydrogens (tertiary/aromatic N) is 2. The van der Waals surface area contributed by atoms with Crippen LogP contribution < -0.4 is 5.73 Å². The minimum atomic E-state index is -0.489. The molecule has 4 nitrogen and oxygen atoms in total. The summed E-state index contributed by atoms with van der Waals surface area (Å²) in [6, 6.07) is 7.80. The molecule has 1 aromatic heterocycles. The summed E-state index contributed by atoms with van der Waals surface area (Å²) in [5, 5.41) is 9.88. The summed E-state index contributed by atoms with van der Waals surface area (Å²) in [4.78, 5) is 3.96. The van der Waals surface area contributed by atoms with E-state index in [1.807, 2.05) is 47.3 Å². The molecule has 0 aliphatic heterocycles. The highest BCUT2D eigenvalue weighted by molar-refractivity contribution is 5.60. The first kappa shape index (κ1) is 12.5. The van der Waals surface area contributed by atoms with Gasteiger partial charge in [0, 0.05) is 18.6 Å². The molecule has 1 atom stereocenters. The lowest BCUT2D eigenvalue weighted by Crippen LogP contribution is -2.06. The van der Waals surface area contributed by atoms with Crippen LogP contribution in [-0.2, 0) is 0 Å². The van der Waals surface area contributed by atoms with Gasteiger partial charge in [0.1, 0.15) is 0 Å². The smallest absolute Gasteiger partial charge is 0.0986 e. The molecule has 0 amide bonds. The van der Waals surface area contributed by atoms with Crippen LogP contribution in [0.4, 0.5) is 0 Å². The molecule has 1 unspecified atom stereocenters. The predicted octanol–water partition coefficient (Wildman–Crippen LogP) is 1.89. The van der Waals surface area contributed by atoms with E-state index >= 15 is 0 Å². The molecule has 0 saturated heterocycles. The van der Waals surface area contributed by atoms with Crippen LogP contribution in [-0.4, -0.2) is 21.2 Å². The standard InChI is InChI=1S/C14H17N3O/c15-6-4-14(18)13-3-1-2-12(10-13)5-8-17-9-7-16-11-17/h1-3,5,7-11,14,18H,4,6,15H2/b8-5+. The maximum absolute atomic E-state index is 9.88. The number of hydrogen-bond donors (Lipinski definition) is 2. The highest BCUT2D eigenvalue weighted by Crippen LogP contribution is 2.18. The second-order valence-electron chi connectivity index (χ2n) is 4.09. The molecule has 0 bridgehead atoms. The molecule has 94 valence electrons. The van der Waals surface area contributed by atoms with E-state index in [1.165, 1.54) is 0 Å². The van der Waals surface area contributed by atoms with E-state index in [0.717, 1.165) is 11.1 Å². The molecule has 18 heavy (non-hydrogen) atoms. The van der Waals surface area contributed by atoms with Crippen LogP contribution in [0.2, 0.25) is 0 Å². The van der Waals surface area contributed by atoms with Crippen molar-refractivity contribution in [2.45, 2.75) is 12.5 Å². The van der Waals surface area contributed by atoms with E-state index in [9.17, 15) is 5.11 Å². The second-order valence-corrected chi connectivity index (χ2v) is 4.09. The van der Waals surface area contributed by atoms with Crippen molar-refractivity contribution in [1.82, 2.24) is 9.55 Å². The summed E-state index contributed by atoms with van der Waals surface area (Å²) in [5.41, 5.74) is 7.38. The van der Waals surface area contributed by atoms with Crippen molar-refractivity contribution in [3.63, 3.8) is 0 Å². The minimum absolute atomic E-state index is 0.482. The third-order valence-electron chi connectivity index (χ3n) is 2.70. The summed E-state index contributed by atoms with van der Waals surface area (Å²) < 4.78 is 1.86. The van der Waals surface area contributed by atoms with Crippen LogP contribution in [0.5, 0.6) is 0 Å². The topological polar surface area (TPSA) is 64.1 Å². The number of hydrogen-bond acceptors (Lipinski definition) is 3. The van der Waals surface area contributed by atoms with Crippen molar-refractivity contribution in [2.75, 3.05) is 6.54 Å². The van der Waals surface area contributed by atoms with E-state index in [1.54, 1.807) is 12.5 Å². The quantitative estimate of drug-likeness (QED) is 0.843. The number of aromatic nitrogens is 2. The Labute approximate surface area is 106 Å². The normalized spacial score (nSPS) is 13.0. The van der Waals surface area contributed by atoms with E-state index in [2.05, 4.69) is 4.98 Å². The van der Waals surface area contributed by atoms with Gasteiger partial charge in [-0.25, -0.2) is 4.98 Å². The number of benzene rings is 1. The molecule has 0 aliphatic carbocycles. The molecule has 0 radical (unpaired) electrons. The lowest BCUT2D eigenvalue weighted by atomic mass is 10.0. The van der Waals surface area contributed by atoms with Gasteiger partial charge in [-0.1, -0.05) is 18.2 Å². The molecular weight excluding hydrogens is 226 g/mol. The molecule has 1 heterocycles. The summed E-state index contributed by atoms with van der Waals surface area (Å²) in [6.45, 7) is 0.482. The Morgan fingerprint density at radius 2 is 2.33 bits per heavy atom. The van der Waals surface area contributed by atoms with Crippen molar-refractivity contribution in [2.24, 2.45) is 5.73 Å². The van der Waals surface area contributed by atoms with Crippen LogP contribution in [0.25, 0.3) is 12.3 Å². The van der Waals surface area contributed by atoms with Crippen LogP contribution in [0.1, 0.15) is 23.7 Å². The Morgan fingerprint density at radius 3 is 3.06 bits per heavy atom. The highest BCUT2D eigenvalue weighted by atomic mass is 16.3. The fourth-order valence-electron chi connectivity index (χ4n) is 1.72. The molecule has 0 saturated carbocycles. The second kappa shape index (κ2) is 6.14. The Hall–Kier alpha value is -1.91. The molecule has 2 aromatic rings. The van der Waals surface area contributed by atoms with Crippen LogP contribution in [0.15, 0.2) is 43.0 Å². The van der Waals surface area contributed by atoms with Gasteiger partial charge in [0.25, 0.3) is 0 Å². The maximum atomic E-state index is 9.88. The summed E-state index contributed by atoms with van der Waals surface area (Å²) in [5.74, 6) is 0. The number of nitrogens with two attached hydrogens (primary N) is 1. The summed E-state index contributed by atoms with van der Waals surface area (Å²) in [7, 11) is 0. The van der Waals surface area contributed by atoms with Crippen molar-refractivity contribution < 1.29 is 5.11 Å². The Balaban J connectivity index is 2.12. The number of imidazole rings is 1. The average Bonchev–Trinajstić information content (AvgIpc) is 2.90. The van der Waals surface area contributed by atoms with Gasteiger partial charge in [0.2, 0.25) is 0 Å². The zero-order valence-electron chi connectivity index (χ0n) is 10.1. The van der Waals surface area contributed by atoms with Gasteiger partial charge in [-0.3, -0.25) is 0 Å². The zero-order valence-corrected chi connectivity index (χ0v) is 10.1. The minimum Gasteiger partial charge on any atom is -0.388 e. The third-order valence-corrected chi connectivity index (χ3v) is 2.70. The maximum Gasteiger partial charge on any atom is 0.0986 e. The third kappa shape index (κ3) is 3.29. The van der Waals surface area contributed by atoms with E-state index in [-0.39, 0.29) is 0 Å². The van der Waals surface area contributed by atoms with E-state index in [0.29, 0.717) is 13.0 Å². The SMILES string of the molecule is NCCC(O)c1cccc(/C=C/n2ccnc2)c1. The number of aliphatic hydroxyl groups is 1. The predicted molar refractivity (Wildman–Crippen MR) is 72.5 cm³/mol. The highest BCUT2D eigenvalue weighted by Gasteiger charge is 2.05. The van der Waals surface area contributed by atoms with Crippen molar-refractivity contribution in [3.8, 4) is 0 Å². The molecule has 0 aliphatic rings. The molecule has 3 N–H and O–H groups in total. The molecule has 4 heteroatoms. The summed E-state index contributed by atoms with van der Waals surface area (Å²) in [6.07, 6.45) is 9.30. The first-order chi connectivity index (χ1) is 8.79. The largest absolute Gasteiger partial charge is 0.388 e. The van der Waals surface area contributed by atoms with Gasteiger partial charge in [0.05, 0.1) is 12.4 Å². The summed E-state index contributed by atoms with van der Waals surface area (Å²) >= 11 is 0. The molecule has 2 rings (SSSR count). The van der Waals surface area contributed by atoms with Crippen LogP contribution in [0.3, 0.4) is 0 Å². The van der Waals surface area contributed by atoms with Crippen LogP contribution >= 0.6 is 0 Å². The molecular formula is C14H17N3O. The Kier molecular flexibility index (Phi) is 4.28. The molecule has 1 aromatic carbocycles. The lowest BCUT2D eigenvalue weighted by molar-refractivity contribution is 0.170. The van der Waals surface area contributed by atoms with Gasteiger partial charge in [-0.2, -0.15) is 0 Å². The Bertz CT molecular complexity index is 506. The lowest BCUT2D eigenvalue weighted by Gasteiger charge is -2.09. The van der Waals surface area contributed by atoms with E-state index < -0.39 is 6.10 Å². The monoisotopic (exact) mass is 243 g/mol. The van der Waals surface area contributed by atoms with Gasteiger partial charge >= 0.3 is 0 Å². The van der Waals surface area contributed by atoms with Gasteiger partial charge < -0.3 is 15.4 Å². The van der Waals surface area contributed by atoms with Gasteiger partial charge in [0.15, 0.2) is 0 Å². The average molecular weight is 243 g/mol. The first-order valence-electron chi connectivity index (χ1n) is 5.93. The van der Waals surface area contributed by atoms with E-state index in [4.69, 9.17) is 5.73 Å². The number of aliphatic hydroxyl groups excluding tert-OH is 1. The van der Waals surface area contributed by atoms with Gasteiger partial charge in [-0.05, 0) is 36.2 Å². The van der Waals surface area contributed by atoms with Crippen molar-refractivity contribution >= 4 is 12.3 Å². The fraction of sp³-hybridized carbons (Fsp3) is 0.214. The van der Waals surface area contributed by atoms with Crippen LogP contribution in [0, 0.1) is 0 Å². The Morgan fingerprint density at radius 1 is 1.44 bits per heavy atom. The first-order valence-corrected chi connectivity index (χ1v) is 5.93. The fourth-order valence-corrected chi connectivity index (χ4v) is 1.72.